The largest absolute Gasteiger partial charge is 0.0776 e. The smallest absolute Gasteiger partial charge is 0.0315 e. The van der Waals surface area contributed by atoms with Gasteiger partial charge in [0.2, 0.25) is 0 Å². The predicted octanol–water partition coefficient (Wildman–Crippen LogP) is 6.30. The van der Waals surface area contributed by atoms with Crippen molar-refractivity contribution in [1.82, 2.24) is 0 Å². The summed E-state index contributed by atoms with van der Waals surface area (Å²) >= 11 is 0. The Morgan fingerprint density at radius 2 is 0.800 bits per heavy atom. The Balaban J connectivity index is -0.000000182. The van der Waals surface area contributed by atoms with Crippen molar-refractivity contribution in [2.24, 2.45) is 10.8 Å². The van der Waals surface area contributed by atoms with Crippen molar-refractivity contribution in [2.45, 2.75) is 88.5 Å². The normalized spacial score (nSPS) is 33.6. The first kappa shape index (κ1) is 20.4. The maximum Gasteiger partial charge on any atom is -0.0315 e. The van der Waals surface area contributed by atoms with Gasteiger partial charge in [0.05, 0.1) is 0 Å². The number of rotatable bonds is 0. The third-order valence-electron chi connectivity index (χ3n) is 3.04. The minimum absolute atomic E-state index is 0. The van der Waals surface area contributed by atoms with Crippen LogP contribution in [0.3, 0.4) is 0 Å². The van der Waals surface area contributed by atoms with E-state index in [9.17, 15) is 0 Å². The molecule has 0 spiro atoms. The Morgan fingerprint density at radius 1 is 0.600 bits per heavy atom. The highest BCUT2D eigenvalue weighted by molar-refractivity contribution is 5.05. The molecule has 0 heterocycles. The van der Waals surface area contributed by atoms with Crippen LogP contribution in [0.5, 0.6) is 0 Å². The summed E-state index contributed by atoms with van der Waals surface area (Å²) in [5, 5.41) is 0. The molecule has 0 saturated heterocycles. The monoisotopic (exact) mass is 216 g/mol. The van der Waals surface area contributed by atoms with E-state index in [1.54, 1.807) is 0 Å². The van der Waals surface area contributed by atoms with E-state index in [4.69, 9.17) is 0 Å². The van der Waals surface area contributed by atoms with Crippen molar-refractivity contribution in [2.75, 3.05) is 0 Å². The average molecular weight is 216 g/mol. The summed E-state index contributed by atoms with van der Waals surface area (Å²) in [6.45, 7) is 16.9. The van der Waals surface area contributed by atoms with Crippen LogP contribution in [0.15, 0.2) is 0 Å². The summed E-state index contributed by atoms with van der Waals surface area (Å²) in [6.07, 6.45) is 6.03. The Bertz CT molecular complexity index is 104. The van der Waals surface area contributed by atoms with E-state index < -0.39 is 0 Å². The van der Waals surface area contributed by atoms with Crippen molar-refractivity contribution < 1.29 is 0 Å². The van der Waals surface area contributed by atoms with E-state index in [2.05, 4.69) is 13.8 Å². The van der Waals surface area contributed by atoms with E-state index in [0.717, 1.165) is 10.8 Å². The summed E-state index contributed by atoms with van der Waals surface area (Å²) < 4.78 is 0. The highest BCUT2D eigenvalue weighted by Crippen LogP contribution is 2.66. The molecular formula is C15H36. The number of fused-ring (bicyclic) bond motifs is 1. The molecule has 0 aromatic rings. The van der Waals surface area contributed by atoms with Gasteiger partial charge in [0.1, 0.15) is 0 Å². The van der Waals surface area contributed by atoms with Crippen LogP contribution in [0.2, 0.25) is 0 Å². The van der Waals surface area contributed by atoms with Gasteiger partial charge >= 0.3 is 0 Å². The zero-order valence-corrected chi connectivity index (χ0v) is 11.8. The van der Waals surface area contributed by atoms with Gasteiger partial charge in [0.25, 0.3) is 0 Å². The predicted molar refractivity (Wildman–Crippen MR) is 75.5 cm³/mol. The second kappa shape index (κ2) is 9.24. The lowest BCUT2D eigenvalue weighted by Crippen LogP contribution is -2.32. The van der Waals surface area contributed by atoms with E-state index in [0.29, 0.717) is 0 Å². The fourth-order valence-electron chi connectivity index (χ4n) is 2.97. The Kier molecular flexibility index (Phi) is 12.6. The molecule has 2 bridgehead atoms. The summed E-state index contributed by atoms with van der Waals surface area (Å²) in [5.74, 6) is 0. The molecule has 3 aliphatic carbocycles. The average Bonchev–Trinajstić information content (AvgIpc) is 2.66. The lowest BCUT2D eigenvalue weighted by Gasteiger charge is -2.43. The van der Waals surface area contributed by atoms with Crippen LogP contribution in [0, 0.1) is 10.8 Å². The van der Waals surface area contributed by atoms with Crippen molar-refractivity contribution in [3.05, 3.63) is 0 Å². The van der Waals surface area contributed by atoms with Crippen LogP contribution < -0.4 is 0 Å². The van der Waals surface area contributed by atoms with Crippen LogP contribution in [0.1, 0.15) is 88.5 Å². The molecule has 0 atom stereocenters. The van der Waals surface area contributed by atoms with Gasteiger partial charge in [0, 0.05) is 0 Å². The Hall–Kier alpha value is 0. The van der Waals surface area contributed by atoms with Crippen LogP contribution in [-0.4, -0.2) is 0 Å². The number of hydrogen-bond donors (Lipinski definition) is 0. The summed E-state index contributed by atoms with van der Waals surface area (Å²) in [4.78, 5) is 0. The third kappa shape index (κ3) is 5.58. The van der Waals surface area contributed by atoms with Gasteiger partial charge in [-0.15, -0.1) is 0 Å². The van der Waals surface area contributed by atoms with Gasteiger partial charge in [0.15, 0.2) is 0 Å². The van der Waals surface area contributed by atoms with Gasteiger partial charge in [-0.25, -0.2) is 0 Å². The quantitative estimate of drug-likeness (QED) is 0.445. The molecule has 0 radical (unpaired) electrons. The zero-order valence-electron chi connectivity index (χ0n) is 11.8. The second-order valence-electron chi connectivity index (χ2n) is 4.47. The van der Waals surface area contributed by atoms with Crippen molar-refractivity contribution in [3.63, 3.8) is 0 Å². The molecule has 0 aliphatic heterocycles. The van der Waals surface area contributed by atoms with Crippen LogP contribution in [0.25, 0.3) is 0 Å². The van der Waals surface area contributed by atoms with Crippen molar-refractivity contribution in [3.8, 4) is 0 Å². The highest BCUT2D eigenvalue weighted by atomic mass is 14.6. The first-order valence-electron chi connectivity index (χ1n) is 6.62. The maximum absolute atomic E-state index is 2.43. The van der Waals surface area contributed by atoms with E-state index in [-0.39, 0.29) is 7.43 Å². The van der Waals surface area contributed by atoms with Crippen LogP contribution in [0.4, 0.5) is 0 Å². The van der Waals surface area contributed by atoms with Gasteiger partial charge in [-0.1, -0.05) is 62.8 Å². The SMILES string of the molecule is C.CC.CC.CC.CC12CCC(C)(C1)C2. The van der Waals surface area contributed by atoms with Gasteiger partial charge in [-0.05, 0) is 36.5 Å². The molecule has 0 N–H and O–H groups in total. The molecule has 0 aromatic heterocycles. The first-order chi connectivity index (χ1) is 6.62. The Morgan fingerprint density at radius 3 is 0.867 bits per heavy atom. The Labute approximate surface area is 99.9 Å². The van der Waals surface area contributed by atoms with E-state index in [1.165, 1.54) is 25.7 Å². The maximum atomic E-state index is 2.43. The number of hydrogen-bond acceptors (Lipinski definition) is 0. The minimum Gasteiger partial charge on any atom is -0.0776 e. The topological polar surface area (TPSA) is 0 Å². The molecular weight excluding hydrogens is 180 g/mol. The van der Waals surface area contributed by atoms with Crippen molar-refractivity contribution >= 4 is 0 Å². The fraction of sp³-hybridized carbons (Fsp3) is 1.00. The lowest BCUT2D eigenvalue weighted by molar-refractivity contribution is 0.0803. The van der Waals surface area contributed by atoms with Crippen molar-refractivity contribution in [1.29, 1.82) is 0 Å². The van der Waals surface area contributed by atoms with E-state index in [1.807, 2.05) is 41.5 Å². The summed E-state index contributed by atoms with van der Waals surface area (Å²) in [7, 11) is 0. The molecule has 96 valence electrons. The summed E-state index contributed by atoms with van der Waals surface area (Å²) in [5.41, 5.74) is 1.60. The molecule has 15 heavy (non-hydrogen) atoms. The standard InChI is InChI=1S/C8H14.3C2H6.CH4/c1-7-3-4-8(2,5-7)6-7;3*1-2;/h3-6H2,1-2H3;3*1-2H3;1H4. The molecule has 0 heteroatoms. The summed E-state index contributed by atoms with van der Waals surface area (Å²) in [6, 6.07) is 0. The third-order valence-corrected chi connectivity index (χ3v) is 3.04. The fourth-order valence-corrected chi connectivity index (χ4v) is 2.97. The molecule has 3 rings (SSSR count). The van der Waals surface area contributed by atoms with Gasteiger partial charge < -0.3 is 0 Å². The van der Waals surface area contributed by atoms with E-state index >= 15 is 0 Å². The van der Waals surface area contributed by atoms with Crippen LogP contribution in [-0.2, 0) is 0 Å². The lowest BCUT2D eigenvalue weighted by atomic mass is 9.62. The minimum atomic E-state index is 0. The molecule has 0 unspecified atom stereocenters. The van der Waals surface area contributed by atoms with Gasteiger partial charge in [-0.2, -0.15) is 0 Å². The molecule has 0 aromatic carbocycles. The first-order valence-corrected chi connectivity index (χ1v) is 6.62. The van der Waals surface area contributed by atoms with Crippen LogP contribution >= 0.6 is 0 Å². The molecule has 3 saturated carbocycles. The second-order valence-corrected chi connectivity index (χ2v) is 4.47. The molecule has 0 nitrogen and oxygen atoms in total. The zero-order chi connectivity index (χ0) is 11.8. The molecule has 3 aliphatic rings. The molecule has 0 amide bonds. The van der Waals surface area contributed by atoms with Gasteiger partial charge in [-0.3, -0.25) is 0 Å². The molecule has 3 fully saturated rings. The highest BCUT2D eigenvalue weighted by Gasteiger charge is 2.54.